The molecular weight excluding hydrogens is 368 g/mol. The van der Waals surface area contributed by atoms with Crippen molar-refractivity contribution in [1.29, 1.82) is 0 Å². The second-order valence-corrected chi connectivity index (χ2v) is 6.36. The highest BCUT2D eigenvalue weighted by molar-refractivity contribution is 5.93. The minimum atomic E-state index is -1.33. The van der Waals surface area contributed by atoms with Gasteiger partial charge >= 0.3 is 5.97 Å². The van der Waals surface area contributed by atoms with Crippen LogP contribution in [0.3, 0.4) is 0 Å². The van der Waals surface area contributed by atoms with Crippen LogP contribution >= 0.6 is 0 Å². The molecule has 0 aliphatic heterocycles. The molecule has 0 radical (unpaired) electrons. The smallest absolute Gasteiger partial charge is 0.322 e. The van der Waals surface area contributed by atoms with Crippen molar-refractivity contribution in [3.8, 4) is 0 Å². The first-order chi connectivity index (χ1) is 13.1. The van der Waals surface area contributed by atoms with Crippen LogP contribution in [0.2, 0.25) is 0 Å². The van der Waals surface area contributed by atoms with E-state index in [1.54, 1.807) is 0 Å². The standard InChI is InChI=1S/C18H26N4O6/c1-10(16(26)20-9-14(24)25)21-18(28)15(11(2)23)22-17(27)13(19)8-12-6-4-3-5-7-12/h3-7,10-11,13,15,23H,8-9,19H2,1-2H3,(H,20,26)(H,21,28)(H,22,27)(H,24,25). The Labute approximate surface area is 162 Å². The lowest BCUT2D eigenvalue weighted by molar-refractivity contribution is -0.138. The molecule has 1 rings (SSSR count). The van der Waals surface area contributed by atoms with Gasteiger partial charge in [-0.3, -0.25) is 19.2 Å². The molecule has 1 aromatic rings. The van der Waals surface area contributed by atoms with E-state index in [1.807, 2.05) is 30.3 Å². The number of rotatable bonds is 10. The van der Waals surface area contributed by atoms with Gasteiger partial charge in [-0.15, -0.1) is 0 Å². The van der Waals surface area contributed by atoms with Crippen LogP contribution in [0.1, 0.15) is 19.4 Å². The number of amides is 3. The van der Waals surface area contributed by atoms with Gasteiger partial charge in [0, 0.05) is 0 Å². The lowest BCUT2D eigenvalue weighted by Crippen LogP contribution is -2.58. The summed E-state index contributed by atoms with van der Waals surface area (Å²) >= 11 is 0. The SMILES string of the molecule is CC(NC(=O)C(NC(=O)C(N)Cc1ccccc1)C(C)O)C(=O)NCC(=O)O. The number of aliphatic hydroxyl groups is 1. The number of hydrogen-bond donors (Lipinski definition) is 6. The molecule has 0 fully saturated rings. The molecule has 10 nitrogen and oxygen atoms in total. The number of benzene rings is 1. The van der Waals surface area contributed by atoms with Gasteiger partial charge in [0.1, 0.15) is 18.6 Å². The van der Waals surface area contributed by atoms with Gasteiger partial charge in [0.05, 0.1) is 12.1 Å². The van der Waals surface area contributed by atoms with Crippen molar-refractivity contribution in [2.24, 2.45) is 5.73 Å². The van der Waals surface area contributed by atoms with E-state index in [4.69, 9.17) is 10.8 Å². The van der Waals surface area contributed by atoms with Gasteiger partial charge in [-0.1, -0.05) is 30.3 Å². The molecule has 0 saturated carbocycles. The molecule has 4 atom stereocenters. The minimum Gasteiger partial charge on any atom is -0.480 e. The van der Waals surface area contributed by atoms with Crippen molar-refractivity contribution in [2.45, 2.75) is 44.5 Å². The lowest BCUT2D eigenvalue weighted by atomic mass is 10.0. The Morgan fingerprint density at radius 3 is 2.14 bits per heavy atom. The van der Waals surface area contributed by atoms with Crippen molar-refractivity contribution in [1.82, 2.24) is 16.0 Å². The zero-order valence-electron chi connectivity index (χ0n) is 15.7. The van der Waals surface area contributed by atoms with Crippen molar-refractivity contribution >= 4 is 23.7 Å². The highest BCUT2D eigenvalue weighted by Gasteiger charge is 2.29. The fraction of sp³-hybridized carbons (Fsp3) is 0.444. The second kappa shape index (κ2) is 11.0. The second-order valence-electron chi connectivity index (χ2n) is 6.36. The Bertz CT molecular complexity index is 695. The molecule has 0 aromatic heterocycles. The van der Waals surface area contributed by atoms with Gasteiger partial charge in [-0.25, -0.2) is 0 Å². The van der Waals surface area contributed by atoms with Crippen molar-refractivity contribution in [3.63, 3.8) is 0 Å². The fourth-order valence-corrected chi connectivity index (χ4v) is 2.31. The van der Waals surface area contributed by atoms with Crippen LogP contribution in [-0.2, 0) is 25.6 Å². The zero-order valence-corrected chi connectivity index (χ0v) is 15.7. The highest BCUT2D eigenvalue weighted by Crippen LogP contribution is 2.03. The Kier molecular flexibility index (Phi) is 9.06. The maximum absolute atomic E-state index is 12.3. The molecule has 0 saturated heterocycles. The lowest BCUT2D eigenvalue weighted by Gasteiger charge is -2.24. The van der Waals surface area contributed by atoms with E-state index in [0.29, 0.717) is 0 Å². The quantitative estimate of drug-likeness (QED) is 0.270. The molecule has 10 heteroatoms. The van der Waals surface area contributed by atoms with Gasteiger partial charge in [-0.05, 0) is 25.8 Å². The fourth-order valence-electron chi connectivity index (χ4n) is 2.31. The van der Waals surface area contributed by atoms with E-state index >= 15 is 0 Å². The number of carboxylic acid groups (broad SMARTS) is 1. The molecular formula is C18H26N4O6. The third kappa shape index (κ3) is 7.72. The molecule has 0 aliphatic rings. The Hall–Kier alpha value is -2.98. The van der Waals surface area contributed by atoms with Gasteiger partial charge in [-0.2, -0.15) is 0 Å². The first-order valence-corrected chi connectivity index (χ1v) is 8.69. The van der Waals surface area contributed by atoms with Crippen molar-refractivity contribution < 1.29 is 29.4 Å². The Balaban J connectivity index is 2.65. The molecule has 0 heterocycles. The summed E-state index contributed by atoms with van der Waals surface area (Å²) in [5.74, 6) is -3.37. The molecule has 28 heavy (non-hydrogen) atoms. The number of hydrogen-bond acceptors (Lipinski definition) is 6. The first-order valence-electron chi connectivity index (χ1n) is 8.69. The van der Waals surface area contributed by atoms with E-state index in [1.165, 1.54) is 13.8 Å². The number of nitrogens with one attached hydrogen (secondary N) is 3. The molecule has 7 N–H and O–H groups in total. The summed E-state index contributed by atoms with van der Waals surface area (Å²) in [5.41, 5.74) is 6.71. The molecule has 1 aromatic carbocycles. The van der Waals surface area contributed by atoms with Gasteiger partial charge in [0.25, 0.3) is 0 Å². The summed E-state index contributed by atoms with van der Waals surface area (Å²) in [6.45, 7) is 2.06. The van der Waals surface area contributed by atoms with Gasteiger partial charge in [0.15, 0.2) is 0 Å². The summed E-state index contributed by atoms with van der Waals surface area (Å²) in [5, 5.41) is 25.2. The Morgan fingerprint density at radius 2 is 1.61 bits per heavy atom. The number of aliphatic carboxylic acids is 1. The van der Waals surface area contributed by atoms with E-state index in [0.717, 1.165) is 5.56 Å². The third-order valence-electron chi connectivity index (χ3n) is 3.86. The maximum Gasteiger partial charge on any atom is 0.322 e. The zero-order chi connectivity index (χ0) is 21.3. The van der Waals surface area contributed by atoms with E-state index in [2.05, 4.69) is 16.0 Å². The van der Waals surface area contributed by atoms with Crippen molar-refractivity contribution in [3.05, 3.63) is 35.9 Å². The van der Waals surface area contributed by atoms with Crippen LogP contribution in [-0.4, -0.2) is 64.7 Å². The van der Waals surface area contributed by atoms with Crippen LogP contribution < -0.4 is 21.7 Å². The normalized spacial score (nSPS) is 14.9. The highest BCUT2D eigenvalue weighted by atomic mass is 16.4. The van der Waals surface area contributed by atoms with Gasteiger partial charge < -0.3 is 31.9 Å². The molecule has 3 amide bonds. The topological polar surface area (TPSA) is 171 Å². The van der Waals surface area contributed by atoms with Crippen LogP contribution in [0.25, 0.3) is 0 Å². The molecule has 154 valence electrons. The average molecular weight is 394 g/mol. The van der Waals surface area contributed by atoms with Crippen LogP contribution in [0.15, 0.2) is 30.3 Å². The van der Waals surface area contributed by atoms with E-state index < -0.39 is 54.5 Å². The number of carbonyl (C=O) groups excluding carboxylic acids is 3. The van der Waals surface area contributed by atoms with Crippen LogP contribution in [0.5, 0.6) is 0 Å². The monoisotopic (exact) mass is 394 g/mol. The molecule has 0 aliphatic carbocycles. The summed E-state index contributed by atoms with van der Waals surface area (Å²) in [7, 11) is 0. The number of nitrogens with two attached hydrogens (primary N) is 1. The molecule has 0 bridgehead atoms. The summed E-state index contributed by atoms with van der Waals surface area (Å²) in [6.07, 6.45) is -1.00. The third-order valence-corrected chi connectivity index (χ3v) is 3.86. The Morgan fingerprint density at radius 1 is 1.00 bits per heavy atom. The first kappa shape index (κ1) is 23.1. The molecule has 0 spiro atoms. The summed E-state index contributed by atoms with van der Waals surface area (Å²) < 4.78 is 0. The molecule has 4 unspecified atom stereocenters. The summed E-state index contributed by atoms with van der Waals surface area (Å²) in [6, 6.07) is 5.73. The maximum atomic E-state index is 12.3. The van der Waals surface area contributed by atoms with Gasteiger partial charge in [0.2, 0.25) is 17.7 Å². The largest absolute Gasteiger partial charge is 0.480 e. The van der Waals surface area contributed by atoms with Crippen molar-refractivity contribution in [2.75, 3.05) is 6.54 Å². The predicted molar refractivity (Wildman–Crippen MR) is 100.0 cm³/mol. The minimum absolute atomic E-state index is 0.245. The summed E-state index contributed by atoms with van der Waals surface area (Å²) in [4.78, 5) is 46.8. The number of carboxylic acids is 1. The van der Waals surface area contributed by atoms with E-state index in [9.17, 15) is 24.3 Å². The number of carbonyl (C=O) groups is 4. The number of aliphatic hydroxyl groups excluding tert-OH is 1. The van der Waals surface area contributed by atoms with Crippen LogP contribution in [0.4, 0.5) is 0 Å². The average Bonchev–Trinajstić information content (AvgIpc) is 2.64. The van der Waals surface area contributed by atoms with E-state index in [-0.39, 0.29) is 6.42 Å². The van der Waals surface area contributed by atoms with Crippen LogP contribution in [0, 0.1) is 0 Å². The predicted octanol–water partition coefficient (Wildman–Crippen LogP) is -1.87.